The Morgan fingerprint density at radius 3 is 2.96 bits per heavy atom. The lowest BCUT2D eigenvalue weighted by molar-refractivity contribution is 0.0990. The molecule has 0 spiro atoms. The van der Waals surface area contributed by atoms with Crippen LogP contribution in [0.2, 0.25) is 0 Å². The molecule has 2 aliphatic rings. The Morgan fingerprint density at radius 2 is 2.12 bits per heavy atom. The summed E-state index contributed by atoms with van der Waals surface area (Å²) >= 11 is 0. The van der Waals surface area contributed by atoms with Gasteiger partial charge in [-0.25, -0.2) is 9.97 Å². The average Bonchev–Trinajstić information content (AvgIpc) is 3.39. The number of ether oxygens (including phenoxy) is 1. The van der Waals surface area contributed by atoms with E-state index in [1.165, 1.54) is 24.7 Å². The number of rotatable bonds is 3. The van der Waals surface area contributed by atoms with Gasteiger partial charge in [-0.15, -0.1) is 0 Å². The zero-order chi connectivity index (χ0) is 17.7. The van der Waals surface area contributed by atoms with E-state index in [9.17, 15) is 4.79 Å². The fraction of sp³-hybridized carbons (Fsp3) is 0.316. The fourth-order valence-corrected chi connectivity index (χ4v) is 3.50. The van der Waals surface area contributed by atoms with Gasteiger partial charge in [-0.2, -0.15) is 0 Å². The van der Waals surface area contributed by atoms with Crippen molar-refractivity contribution < 1.29 is 9.53 Å². The summed E-state index contributed by atoms with van der Waals surface area (Å²) in [7, 11) is 0. The van der Waals surface area contributed by atoms with Gasteiger partial charge < -0.3 is 19.9 Å². The van der Waals surface area contributed by atoms with Crippen LogP contribution in [0.4, 0.5) is 11.5 Å². The van der Waals surface area contributed by atoms with Crippen LogP contribution in [0.25, 0.3) is 10.9 Å². The molecule has 1 amide bonds. The SMILES string of the molecule is Nc1ncnc2c1C(=O)N(c1ccc3c(ccn3CC3CC3)c1)CCO2. The number of carbonyl (C=O) groups is 1. The molecule has 1 saturated carbocycles. The molecular weight excluding hydrogens is 330 g/mol. The monoisotopic (exact) mass is 349 g/mol. The number of aromatic nitrogens is 3. The van der Waals surface area contributed by atoms with Gasteiger partial charge in [0.2, 0.25) is 5.88 Å². The first-order chi connectivity index (χ1) is 12.7. The summed E-state index contributed by atoms with van der Waals surface area (Å²) in [5.41, 5.74) is 8.16. The van der Waals surface area contributed by atoms with Crippen LogP contribution < -0.4 is 15.4 Å². The third kappa shape index (κ3) is 2.47. The molecule has 132 valence electrons. The molecular formula is C19H19N5O2. The second kappa shape index (κ2) is 5.72. The highest BCUT2D eigenvalue weighted by Crippen LogP contribution is 2.33. The molecule has 7 heteroatoms. The smallest absolute Gasteiger partial charge is 0.267 e. The Balaban J connectivity index is 1.52. The van der Waals surface area contributed by atoms with E-state index in [1.54, 1.807) is 4.90 Å². The Kier molecular flexibility index (Phi) is 3.34. The Bertz CT molecular complexity index is 1010. The molecule has 0 saturated heterocycles. The lowest BCUT2D eigenvalue weighted by atomic mass is 10.2. The molecule has 1 aliphatic carbocycles. The minimum absolute atomic E-state index is 0.142. The van der Waals surface area contributed by atoms with Crippen LogP contribution in [0.1, 0.15) is 23.2 Å². The van der Waals surface area contributed by atoms with E-state index < -0.39 is 0 Å². The van der Waals surface area contributed by atoms with Crippen molar-refractivity contribution in [3.8, 4) is 5.88 Å². The average molecular weight is 349 g/mol. The van der Waals surface area contributed by atoms with E-state index in [4.69, 9.17) is 10.5 Å². The number of hydrogen-bond donors (Lipinski definition) is 1. The summed E-state index contributed by atoms with van der Waals surface area (Å²) in [6.45, 7) is 1.86. The molecule has 5 rings (SSSR count). The third-order valence-corrected chi connectivity index (χ3v) is 5.07. The number of nitrogen functional groups attached to an aromatic ring is 1. The van der Waals surface area contributed by atoms with E-state index >= 15 is 0 Å². The van der Waals surface area contributed by atoms with Gasteiger partial charge in [0.05, 0.1) is 6.54 Å². The van der Waals surface area contributed by atoms with Crippen LogP contribution in [-0.2, 0) is 6.54 Å². The van der Waals surface area contributed by atoms with Crippen LogP contribution >= 0.6 is 0 Å². The summed E-state index contributed by atoms with van der Waals surface area (Å²) in [5, 5.41) is 1.12. The summed E-state index contributed by atoms with van der Waals surface area (Å²) in [6, 6.07) is 8.21. The maximum absolute atomic E-state index is 13.0. The normalized spacial score (nSPS) is 17.1. The summed E-state index contributed by atoms with van der Waals surface area (Å²) in [6.07, 6.45) is 6.08. The Labute approximate surface area is 150 Å². The molecule has 3 aromatic rings. The van der Waals surface area contributed by atoms with Crippen molar-refractivity contribution in [3.63, 3.8) is 0 Å². The minimum Gasteiger partial charge on any atom is -0.475 e. The van der Waals surface area contributed by atoms with Crippen LogP contribution in [0.5, 0.6) is 5.88 Å². The van der Waals surface area contributed by atoms with Crippen LogP contribution in [-0.4, -0.2) is 33.6 Å². The highest BCUT2D eigenvalue weighted by atomic mass is 16.5. The maximum Gasteiger partial charge on any atom is 0.267 e. The number of benzene rings is 1. The second-order valence-corrected chi connectivity index (χ2v) is 6.90. The van der Waals surface area contributed by atoms with Gasteiger partial charge in [-0.1, -0.05) is 0 Å². The highest BCUT2D eigenvalue weighted by molar-refractivity contribution is 6.11. The predicted molar refractivity (Wildman–Crippen MR) is 98.3 cm³/mol. The van der Waals surface area contributed by atoms with Crippen LogP contribution in [0.15, 0.2) is 36.8 Å². The minimum atomic E-state index is -0.229. The topological polar surface area (TPSA) is 86.3 Å². The molecule has 1 fully saturated rings. The van der Waals surface area contributed by atoms with Crippen molar-refractivity contribution in [3.05, 3.63) is 42.4 Å². The zero-order valence-corrected chi connectivity index (χ0v) is 14.3. The van der Waals surface area contributed by atoms with Gasteiger partial charge in [0.15, 0.2) is 0 Å². The lowest BCUT2D eigenvalue weighted by Gasteiger charge is -2.20. The fourth-order valence-electron chi connectivity index (χ4n) is 3.50. The van der Waals surface area contributed by atoms with E-state index in [-0.39, 0.29) is 23.2 Å². The summed E-state index contributed by atoms with van der Waals surface area (Å²) < 4.78 is 7.89. The number of fused-ring (bicyclic) bond motifs is 2. The van der Waals surface area contributed by atoms with Crippen LogP contribution in [0.3, 0.4) is 0 Å². The number of nitrogens with zero attached hydrogens (tertiary/aromatic N) is 4. The number of amides is 1. The predicted octanol–water partition coefficient (Wildman–Crippen LogP) is 2.46. The molecule has 1 aliphatic heterocycles. The summed E-state index contributed by atoms with van der Waals surface area (Å²) in [4.78, 5) is 22.7. The molecule has 0 bridgehead atoms. The van der Waals surface area contributed by atoms with Crippen molar-refractivity contribution >= 4 is 28.3 Å². The first-order valence-electron chi connectivity index (χ1n) is 8.85. The molecule has 1 aromatic carbocycles. The number of nitrogens with two attached hydrogens (primary N) is 1. The number of carbonyl (C=O) groups excluding carboxylic acids is 1. The molecule has 0 unspecified atom stereocenters. The second-order valence-electron chi connectivity index (χ2n) is 6.90. The molecule has 26 heavy (non-hydrogen) atoms. The van der Waals surface area contributed by atoms with Crippen molar-refractivity contribution in [1.29, 1.82) is 0 Å². The van der Waals surface area contributed by atoms with E-state index in [0.29, 0.717) is 13.2 Å². The first kappa shape index (κ1) is 15.2. The number of hydrogen-bond acceptors (Lipinski definition) is 5. The van der Waals surface area contributed by atoms with Crippen molar-refractivity contribution in [2.75, 3.05) is 23.8 Å². The van der Waals surface area contributed by atoms with Gasteiger partial charge in [0.25, 0.3) is 5.91 Å². The number of anilines is 2. The first-order valence-corrected chi connectivity index (χ1v) is 8.85. The van der Waals surface area contributed by atoms with Crippen molar-refractivity contribution in [2.45, 2.75) is 19.4 Å². The van der Waals surface area contributed by atoms with Gasteiger partial charge in [-0.05, 0) is 43.0 Å². The molecule has 0 radical (unpaired) electrons. The molecule has 3 heterocycles. The maximum atomic E-state index is 13.0. The lowest BCUT2D eigenvalue weighted by Crippen LogP contribution is -2.32. The highest BCUT2D eigenvalue weighted by Gasteiger charge is 2.29. The van der Waals surface area contributed by atoms with Crippen LogP contribution in [0, 0.1) is 5.92 Å². The van der Waals surface area contributed by atoms with Crippen molar-refractivity contribution in [2.24, 2.45) is 5.92 Å². The largest absolute Gasteiger partial charge is 0.475 e. The van der Waals surface area contributed by atoms with Crippen molar-refractivity contribution in [1.82, 2.24) is 14.5 Å². The Morgan fingerprint density at radius 1 is 1.23 bits per heavy atom. The summed E-state index contributed by atoms with van der Waals surface area (Å²) in [5.74, 6) is 0.978. The van der Waals surface area contributed by atoms with Gasteiger partial charge in [-0.3, -0.25) is 4.79 Å². The van der Waals surface area contributed by atoms with Gasteiger partial charge >= 0.3 is 0 Å². The van der Waals surface area contributed by atoms with Gasteiger partial charge in [0, 0.05) is 29.3 Å². The Hall–Kier alpha value is -3.09. The standard InChI is InChI=1S/C19H19N5O2/c20-17-16-18(22-11-21-17)26-8-7-24(19(16)25)14-3-4-15-13(9-14)5-6-23(15)10-12-1-2-12/h3-6,9,11-12H,1-2,7-8,10H2,(H2,20,21,22). The van der Waals surface area contributed by atoms with Gasteiger partial charge in [0.1, 0.15) is 24.3 Å². The van der Waals surface area contributed by atoms with E-state index in [2.05, 4.69) is 32.9 Å². The van der Waals surface area contributed by atoms with E-state index in [1.807, 2.05) is 12.1 Å². The third-order valence-electron chi connectivity index (χ3n) is 5.07. The molecule has 0 atom stereocenters. The quantitative estimate of drug-likeness (QED) is 0.785. The molecule has 2 aromatic heterocycles. The molecule has 7 nitrogen and oxygen atoms in total. The molecule has 2 N–H and O–H groups in total. The van der Waals surface area contributed by atoms with E-state index in [0.717, 1.165) is 23.5 Å². The zero-order valence-electron chi connectivity index (χ0n) is 14.3.